The van der Waals surface area contributed by atoms with Crippen molar-refractivity contribution in [3.63, 3.8) is 0 Å². The first-order chi connectivity index (χ1) is 9.45. The molecule has 0 aromatic heterocycles. The molecule has 0 unspecified atom stereocenters. The first kappa shape index (κ1) is 15.0. The predicted molar refractivity (Wildman–Crippen MR) is 77.4 cm³/mol. The van der Waals surface area contributed by atoms with Gasteiger partial charge in [-0.05, 0) is 30.4 Å². The van der Waals surface area contributed by atoms with Gasteiger partial charge in [-0.3, -0.25) is 0 Å². The lowest BCUT2D eigenvalue weighted by molar-refractivity contribution is 0.227. The predicted octanol–water partition coefficient (Wildman–Crippen LogP) is 2.66. The van der Waals surface area contributed by atoms with Gasteiger partial charge >= 0.3 is 0 Å². The molecule has 0 amide bonds. The van der Waals surface area contributed by atoms with Crippen LogP contribution in [0, 0.1) is 23.2 Å². The summed E-state index contributed by atoms with van der Waals surface area (Å²) >= 11 is 0. The Kier molecular flexibility index (Phi) is 4.46. The topological polar surface area (TPSA) is 70.0 Å². The highest BCUT2D eigenvalue weighted by Gasteiger charge is 2.31. The molecule has 1 aliphatic rings. The fourth-order valence-corrected chi connectivity index (χ4v) is 4.32. The average molecular weight is 292 g/mol. The van der Waals surface area contributed by atoms with Crippen molar-refractivity contribution in [2.45, 2.75) is 44.0 Å². The maximum atomic E-state index is 12.5. The number of hydrogen-bond acceptors (Lipinski definition) is 3. The smallest absolute Gasteiger partial charge is 0.208 e. The third kappa shape index (κ3) is 3.02. The van der Waals surface area contributed by atoms with Crippen molar-refractivity contribution in [1.82, 2.24) is 4.72 Å². The summed E-state index contributed by atoms with van der Waals surface area (Å²) in [5.41, 5.74) is 0.191. The number of rotatable bonds is 3. The average Bonchev–Trinajstić information content (AvgIpc) is 2.43. The third-order valence-corrected chi connectivity index (χ3v) is 5.86. The molecular formula is C15H20N2O2S. The monoisotopic (exact) mass is 292 g/mol. The summed E-state index contributed by atoms with van der Waals surface area (Å²) in [6.07, 6.45) is 3.05. The first-order valence-electron chi connectivity index (χ1n) is 6.97. The van der Waals surface area contributed by atoms with Crippen molar-refractivity contribution >= 4 is 10.0 Å². The van der Waals surface area contributed by atoms with Crippen LogP contribution in [0.3, 0.4) is 0 Å². The molecule has 5 heteroatoms. The summed E-state index contributed by atoms with van der Waals surface area (Å²) in [6.45, 7) is 4.25. The molecule has 1 aromatic carbocycles. The van der Waals surface area contributed by atoms with Gasteiger partial charge in [0.05, 0.1) is 10.5 Å². The van der Waals surface area contributed by atoms with Crippen LogP contribution in [0.4, 0.5) is 0 Å². The van der Waals surface area contributed by atoms with Gasteiger partial charge in [-0.1, -0.05) is 38.8 Å². The molecule has 0 saturated heterocycles. The zero-order chi connectivity index (χ0) is 14.8. The summed E-state index contributed by atoms with van der Waals surface area (Å²) in [5, 5.41) is 9.04. The van der Waals surface area contributed by atoms with Crippen LogP contribution in [0.25, 0.3) is 0 Å². The number of nitrogens with zero attached hydrogens (tertiary/aromatic N) is 1. The molecular weight excluding hydrogens is 272 g/mol. The molecule has 0 radical (unpaired) electrons. The lowest BCUT2D eigenvalue weighted by Gasteiger charge is -2.34. The minimum absolute atomic E-state index is 0.0458. The zero-order valence-electron chi connectivity index (χ0n) is 11.8. The molecule has 108 valence electrons. The normalized spacial score (nSPS) is 26.9. The number of nitrogens with one attached hydrogen (secondary N) is 1. The Bertz CT molecular complexity index is 619. The quantitative estimate of drug-likeness (QED) is 0.931. The lowest BCUT2D eigenvalue weighted by Crippen LogP contribution is -2.43. The number of sulfonamides is 1. The van der Waals surface area contributed by atoms with Crippen molar-refractivity contribution in [3.8, 4) is 6.07 Å². The largest absolute Gasteiger partial charge is 0.242 e. The summed E-state index contributed by atoms with van der Waals surface area (Å²) < 4.78 is 27.7. The molecule has 0 heterocycles. The van der Waals surface area contributed by atoms with Gasteiger partial charge < -0.3 is 0 Å². The lowest BCUT2D eigenvalue weighted by atomic mass is 9.78. The molecule has 0 spiro atoms. The van der Waals surface area contributed by atoms with Crippen molar-refractivity contribution < 1.29 is 8.42 Å². The molecule has 1 N–H and O–H groups in total. The zero-order valence-corrected chi connectivity index (χ0v) is 12.7. The Morgan fingerprint density at radius 1 is 1.25 bits per heavy atom. The summed E-state index contributed by atoms with van der Waals surface area (Å²) in [6, 6.07) is 8.22. The molecule has 1 aromatic rings. The van der Waals surface area contributed by atoms with E-state index >= 15 is 0 Å². The summed E-state index contributed by atoms with van der Waals surface area (Å²) in [5.74, 6) is 0.829. The fourth-order valence-electron chi connectivity index (χ4n) is 2.80. The Balaban J connectivity index is 2.26. The van der Waals surface area contributed by atoms with Crippen molar-refractivity contribution in [3.05, 3.63) is 29.8 Å². The Labute approximate surface area is 120 Å². The van der Waals surface area contributed by atoms with Crippen LogP contribution >= 0.6 is 0 Å². The van der Waals surface area contributed by atoms with Gasteiger partial charge in [0.1, 0.15) is 6.07 Å². The van der Waals surface area contributed by atoms with E-state index in [0.717, 1.165) is 19.3 Å². The standard InChI is InChI=1S/C15H20N2O2S/c1-11-6-5-8-14(12(11)2)17-20(18,19)15-9-4-3-7-13(15)10-16/h3-4,7,9,11-12,14,17H,5-6,8H2,1-2H3/t11-,12+,14+/m0/s1. The van der Waals surface area contributed by atoms with E-state index in [9.17, 15) is 8.42 Å². The summed E-state index contributed by atoms with van der Waals surface area (Å²) in [7, 11) is -3.63. The maximum Gasteiger partial charge on any atom is 0.242 e. The van der Waals surface area contributed by atoms with Crippen LogP contribution < -0.4 is 4.72 Å². The van der Waals surface area contributed by atoms with E-state index in [0.29, 0.717) is 11.8 Å². The van der Waals surface area contributed by atoms with Gasteiger partial charge in [-0.15, -0.1) is 0 Å². The molecule has 20 heavy (non-hydrogen) atoms. The van der Waals surface area contributed by atoms with Crippen LogP contribution in [0.5, 0.6) is 0 Å². The second kappa shape index (κ2) is 5.94. The van der Waals surface area contributed by atoms with E-state index in [-0.39, 0.29) is 16.5 Å². The van der Waals surface area contributed by atoms with Gasteiger partial charge in [0.2, 0.25) is 10.0 Å². The van der Waals surface area contributed by atoms with Gasteiger partial charge in [-0.25, -0.2) is 13.1 Å². The first-order valence-corrected chi connectivity index (χ1v) is 8.45. The van der Waals surface area contributed by atoms with Crippen LogP contribution in [-0.4, -0.2) is 14.5 Å². The van der Waals surface area contributed by atoms with E-state index in [1.54, 1.807) is 12.1 Å². The molecule has 0 bridgehead atoms. The number of hydrogen-bond donors (Lipinski definition) is 1. The molecule has 4 nitrogen and oxygen atoms in total. The van der Waals surface area contributed by atoms with E-state index in [2.05, 4.69) is 18.6 Å². The third-order valence-electron chi connectivity index (χ3n) is 4.31. The van der Waals surface area contributed by atoms with E-state index < -0.39 is 10.0 Å². The highest BCUT2D eigenvalue weighted by Crippen LogP contribution is 2.30. The van der Waals surface area contributed by atoms with Crippen molar-refractivity contribution in [1.29, 1.82) is 5.26 Å². The Morgan fingerprint density at radius 3 is 2.65 bits per heavy atom. The van der Waals surface area contributed by atoms with Crippen LogP contribution in [0.2, 0.25) is 0 Å². The highest BCUT2D eigenvalue weighted by atomic mass is 32.2. The second-order valence-corrected chi connectivity index (χ2v) is 7.29. The number of benzene rings is 1. The van der Waals surface area contributed by atoms with Crippen molar-refractivity contribution in [2.24, 2.45) is 11.8 Å². The molecule has 3 atom stereocenters. The second-order valence-electron chi connectivity index (χ2n) is 5.60. The molecule has 1 aliphatic carbocycles. The fraction of sp³-hybridized carbons (Fsp3) is 0.533. The summed E-state index contributed by atoms with van der Waals surface area (Å²) in [4.78, 5) is 0.0768. The molecule has 0 aliphatic heterocycles. The Morgan fingerprint density at radius 2 is 1.95 bits per heavy atom. The van der Waals surface area contributed by atoms with Gasteiger partial charge in [0.15, 0.2) is 0 Å². The van der Waals surface area contributed by atoms with E-state index in [4.69, 9.17) is 5.26 Å². The Hall–Kier alpha value is -1.38. The van der Waals surface area contributed by atoms with Gasteiger partial charge in [0.25, 0.3) is 0 Å². The van der Waals surface area contributed by atoms with Gasteiger partial charge in [-0.2, -0.15) is 5.26 Å². The minimum atomic E-state index is -3.63. The van der Waals surface area contributed by atoms with Crippen LogP contribution in [-0.2, 0) is 10.0 Å². The SMILES string of the molecule is C[C@@H]1[C@@H](C)CCC[C@H]1NS(=O)(=O)c1ccccc1C#N. The highest BCUT2D eigenvalue weighted by molar-refractivity contribution is 7.89. The van der Waals surface area contributed by atoms with E-state index in [1.807, 2.05) is 6.07 Å². The minimum Gasteiger partial charge on any atom is -0.208 e. The molecule has 2 rings (SSSR count). The molecule has 1 saturated carbocycles. The van der Waals surface area contributed by atoms with Crippen molar-refractivity contribution in [2.75, 3.05) is 0 Å². The van der Waals surface area contributed by atoms with Crippen LogP contribution in [0.15, 0.2) is 29.2 Å². The van der Waals surface area contributed by atoms with Crippen LogP contribution in [0.1, 0.15) is 38.7 Å². The maximum absolute atomic E-state index is 12.5. The van der Waals surface area contributed by atoms with E-state index in [1.165, 1.54) is 12.1 Å². The molecule has 1 fully saturated rings. The number of nitriles is 1. The van der Waals surface area contributed by atoms with Gasteiger partial charge in [0, 0.05) is 6.04 Å².